The first-order valence-corrected chi connectivity index (χ1v) is 14.6. The molecule has 4 rings (SSSR count). The van der Waals surface area contributed by atoms with Crippen LogP contribution in [0.15, 0.2) is 42.5 Å². The number of hydrogen-bond acceptors (Lipinski definition) is 4. The van der Waals surface area contributed by atoms with Crippen LogP contribution in [0.1, 0.15) is 44.1 Å². The number of likely N-dealkylation sites (tertiary alicyclic amines) is 1. The van der Waals surface area contributed by atoms with Crippen LogP contribution in [0.3, 0.4) is 0 Å². The van der Waals surface area contributed by atoms with E-state index in [9.17, 15) is 17.6 Å². The topological polar surface area (TPSA) is 66.9 Å². The van der Waals surface area contributed by atoms with Crippen LogP contribution in [-0.4, -0.2) is 56.3 Å². The molecule has 0 radical (unpaired) electrons. The Bertz CT molecular complexity index is 1160. The second-order valence-corrected chi connectivity index (χ2v) is 12.5. The molecule has 2 heterocycles. The second kappa shape index (κ2) is 11.7. The van der Waals surface area contributed by atoms with Crippen LogP contribution in [-0.2, 0) is 20.6 Å². The van der Waals surface area contributed by atoms with Crippen molar-refractivity contribution in [1.29, 1.82) is 0 Å². The predicted molar refractivity (Wildman–Crippen MR) is 139 cm³/mol. The number of piperidine rings is 2. The monoisotopic (exact) mass is 556 g/mol. The highest BCUT2D eigenvalue weighted by atomic mass is 35.5. The average molecular weight is 558 g/mol. The van der Waals surface area contributed by atoms with Crippen molar-refractivity contribution in [2.24, 2.45) is 5.41 Å². The molecule has 2 saturated heterocycles. The summed E-state index contributed by atoms with van der Waals surface area (Å²) in [6.07, 6.45) is 4.43. The van der Waals surface area contributed by atoms with Gasteiger partial charge >= 0.3 is 0 Å². The fraction of sp³-hybridized carbons (Fsp3) is 0.500. The van der Waals surface area contributed by atoms with Gasteiger partial charge in [0.15, 0.2) is 0 Å². The first-order chi connectivity index (χ1) is 17.2. The number of carbonyl (C=O) groups is 1. The molecule has 0 saturated carbocycles. The van der Waals surface area contributed by atoms with Crippen LogP contribution in [0.25, 0.3) is 0 Å². The third-order valence-corrected chi connectivity index (χ3v) is 9.69. The molecule has 6 nitrogen and oxygen atoms in total. The molecule has 196 valence electrons. The maximum Gasteiger partial charge on any atom is 0.223 e. The Morgan fingerprint density at radius 1 is 0.944 bits per heavy atom. The van der Waals surface area contributed by atoms with Crippen LogP contribution >= 0.6 is 23.2 Å². The zero-order valence-electron chi connectivity index (χ0n) is 20.1. The van der Waals surface area contributed by atoms with Crippen LogP contribution in [0.5, 0.6) is 5.75 Å². The average Bonchev–Trinajstić information content (AvgIpc) is 2.87. The molecular weight excluding hydrogens is 526 g/mol. The van der Waals surface area contributed by atoms with E-state index in [1.165, 1.54) is 16.4 Å². The summed E-state index contributed by atoms with van der Waals surface area (Å²) in [7, 11) is -3.58. The molecule has 2 aliphatic heterocycles. The lowest BCUT2D eigenvalue weighted by Crippen LogP contribution is -2.48. The van der Waals surface area contributed by atoms with Gasteiger partial charge < -0.3 is 9.64 Å². The molecule has 0 atom stereocenters. The molecule has 0 N–H and O–H groups in total. The number of nitrogens with zero attached hydrogens (tertiary/aromatic N) is 2. The Kier molecular flexibility index (Phi) is 8.81. The first kappa shape index (κ1) is 27.2. The number of halogens is 3. The van der Waals surface area contributed by atoms with Crippen molar-refractivity contribution in [3.63, 3.8) is 0 Å². The van der Waals surface area contributed by atoms with E-state index in [4.69, 9.17) is 27.9 Å². The second-order valence-electron chi connectivity index (χ2n) is 9.76. The van der Waals surface area contributed by atoms with Gasteiger partial charge in [-0.3, -0.25) is 4.79 Å². The molecular formula is C26H31Cl2FN2O4S. The Labute approximate surface area is 222 Å². The Balaban J connectivity index is 1.45. The summed E-state index contributed by atoms with van der Waals surface area (Å²) in [5.74, 6) is 0.0913. The molecule has 1 amide bonds. The van der Waals surface area contributed by atoms with Gasteiger partial charge in [-0.15, -0.1) is 0 Å². The SMILES string of the molecule is O=C(CC1(COc2ccc(F)cc2)CCN(S(=O)(=O)Cc2ccc(Cl)c(Cl)c2)CC1)N1CCCCC1. The van der Waals surface area contributed by atoms with Crippen molar-refractivity contribution < 1.29 is 22.3 Å². The normalized spacial score (nSPS) is 18.7. The molecule has 10 heteroatoms. The zero-order chi connectivity index (χ0) is 25.8. The lowest BCUT2D eigenvalue weighted by atomic mass is 9.76. The number of amides is 1. The number of benzene rings is 2. The van der Waals surface area contributed by atoms with Crippen molar-refractivity contribution in [3.05, 3.63) is 63.9 Å². The minimum Gasteiger partial charge on any atom is -0.493 e. The third-order valence-electron chi connectivity index (χ3n) is 7.10. The van der Waals surface area contributed by atoms with E-state index in [0.717, 1.165) is 32.4 Å². The fourth-order valence-electron chi connectivity index (χ4n) is 4.89. The highest BCUT2D eigenvalue weighted by Gasteiger charge is 2.41. The summed E-state index contributed by atoms with van der Waals surface area (Å²) in [5, 5.41) is 0.691. The van der Waals surface area contributed by atoms with E-state index in [2.05, 4.69) is 0 Å². The van der Waals surface area contributed by atoms with Gasteiger partial charge in [0.05, 0.1) is 22.4 Å². The van der Waals surface area contributed by atoms with Crippen molar-refractivity contribution in [2.45, 2.75) is 44.3 Å². The minimum absolute atomic E-state index is 0.0875. The lowest BCUT2D eigenvalue weighted by molar-refractivity contribution is -0.136. The number of rotatable bonds is 8. The zero-order valence-corrected chi connectivity index (χ0v) is 22.4. The van der Waals surface area contributed by atoms with E-state index in [0.29, 0.717) is 53.7 Å². The molecule has 2 aliphatic rings. The van der Waals surface area contributed by atoms with Gasteiger partial charge in [0.25, 0.3) is 0 Å². The van der Waals surface area contributed by atoms with Crippen molar-refractivity contribution >= 4 is 39.1 Å². The Morgan fingerprint density at radius 3 is 2.25 bits per heavy atom. The lowest BCUT2D eigenvalue weighted by Gasteiger charge is -2.42. The maximum atomic E-state index is 13.3. The van der Waals surface area contributed by atoms with Crippen molar-refractivity contribution in [1.82, 2.24) is 9.21 Å². The van der Waals surface area contributed by atoms with Crippen LogP contribution in [0.2, 0.25) is 10.0 Å². The number of carbonyl (C=O) groups excluding carboxylic acids is 1. The van der Waals surface area contributed by atoms with Gasteiger partial charge in [-0.1, -0.05) is 29.3 Å². The molecule has 0 bridgehead atoms. The Morgan fingerprint density at radius 2 is 1.61 bits per heavy atom. The van der Waals surface area contributed by atoms with E-state index in [1.807, 2.05) is 4.90 Å². The van der Waals surface area contributed by atoms with E-state index in [1.54, 1.807) is 30.3 Å². The Hall–Kier alpha value is -1.87. The van der Waals surface area contributed by atoms with Gasteiger partial charge in [0.1, 0.15) is 11.6 Å². The van der Waals surface area contributed by atoms with Crippen LogP contribution < -0.4 is 4.74 Å². The molecule has 2 aromatic carbocycles. The first-order valence-electron chi connectivity index (χ1n) is 12.2. The molecule has 0 unspecified atom stereocenters. The molecule has 0 aromatic heterocycles. The van der Waals surface area contributed by atoms with Crippen LogP contribution in [0.4, 0.5) is 4.39 Å². The van der Waals surface area contributed by atoms with Crippen molar-refractivity contribution in [2.75, 3.05) is 32.8 Å². The molecule has 2 aromatic rings. The van der Waals surface area contributed by atoms with Crippen molar-refractivity contribution in [3.8, 4) is 5.75 Å². The quantitative estimate of drug-likeness (QED) is 0.429. The van der Waals surface area contributed by atoms with E-state index < -0.39 is 15.4 Å². The number of hydrogen-bond donors (Lipinski definition) is 0. The third kappa shape index (κ3) is 6.91. The fourth-order valence-corrected chi connectivity index (χ4v) is 6.73. The summed E-state index contributed by atoms with van der Waals surface area (Å²) >= 11 is 12.0. The summed E-state index contributed by atoms with van der Waals surface area (Å²) in [4.78, 5) is 15.1. The smallest absolute Gasteiger partial charge is 0.223 e. The molecule has 0 spiro atoms. The standard InChI is InChI=1S/C26H31Cl2FN2O4S/c27-23-9-4-20(16-24(23)28)18-36(33,34)31-14-10-26(11-15-31,17-25(32)30-12-2-1-3-13-30)19-35-22-7-5-21(29)6-8-22/h4-9,16H,1-3,10-15,17-19H2. The van der Waals surface area contributed by atoms with Gasteiger partial charge in [-0.25, -0.2) is 17.1 Å². The maximum absolute atomic E-state index is 13.3. The highest BCUT2D eigenvalue weighted by Crippen LogP contribution is 2.38. The molecule has 2 fully saturated rings. The highest BCUT2D eigenvalue weighted by molar-refractivity contribution is 7.88. The predicted octanol–water partition coefficient (Wildman–Crippen LogP) is 5.53. The largest absolute Gasteiger partial charge is 0.493 e. The summed E-state index contributed by atoms with van der Waals surface area (Å²) < 4.78 is 47.1. The van der Waals surface area contributed by atoms with Crippen LogP contribution in [0, 0.1) is 11.2 Å². The minimum atomic E-state index is -3.58. The van der Waals surface area contributed by atoms with Gasteiger partial charge in [-0.05, 0) is 74.1 Å². The van der Waals surface area contributed by atoms with E-state index >= 15 is 0 Å². The number of ether oxygens (including phenoxy) is 1. The summed E-state index contributed by atoms with van der Waals surface area (Å²) in [6.45, 7) is 2.38. The van der Waals surface area contributed by atoms with Gasteiger partial charge in [0, 0.05) is 38.0 Å². The van der Waals surface area contributed by atoms with Gasteiger partial charge in [0.2, 0.25) is 15.9 Å². The summed E-state index contributed by atoms with van der Waals surface area (Å²) in [5.41, 5.74) is 0.0690. The van der Waals surface area contributed by atoms with E-state index in [-0.39, 0.29) is 24.1 Å². The molecule has 0 aliphatic carbocycles. The van der Waals surface area contributed by atoms with Gasteiger partial charge in [-0.2, -0.15) is 0 Å². The molecule has 36 heavy (non-hydrogen) atoms. The number of sulfonamides is 1. The summed E-state index contributed by atoms with van der Waals surface area (Å²) in [6, 6.07) is 10.6.